The Balaban J connectivity index is 0.00000196. The van der Waals surface area contributed by atoms with Gasteiger partial charge in [-0.1, -0.05) is 35.9 Å². The summed E-state index contributed by atoms with van der Waals surface area (Å²) in [7, 11) is 0. The van der Waals surface area contributed by atoms with E-state index in [-0.39, 0.29) is 42.0 Å². The monoisotopic (exact) mass is 394 g/mol. The van der Waals surface area contributed by atoms with Crippen LogP contribution in [0.3, 0.4) is 0 Å². The SMILES string of the molecule is Cl.O=C(C1CC1c1cccc(Cl)c1)N1CCNCC1c1cccc(F)c1. The number of hydrogen-bond acceptors (Lipinski definition) is 2. The quantitative estimate of drug-likeness (QED) is 0.846. The van der Waals surface area contributed by atoms with Crippen LogP contribution in [0, 0.1) is 11.7 Å². The van der Waals surface area contributed by atoms with Gasteiger partial charge in [-0.25, -0.2) is 4.39 Å². The van der Waals surface area contributed by atoms with E-state index in [9.17, 15) is 9.18 Å². The number of nitrogens with zero attached hydrogens (tertiary/aromatic N) is 1. The first-order valence-electron chi connectivity index (χ1n) is 8.65. The van der Waals surface area contributed by atoms with Crippen molar-refractivity contribution in [2.75, 3.05) is 19.6 Å². The lowest BCUT2D eigenvalue weighted by Crippen LogP contribution is -2.49. The third kappa shape index (κ3) is 3.88. The fraction of sp³-hybridized carbons (Fsp3) is 0.350. The summed E-state index contributed by atoms with van der Waals surface area (Å²) in [6.45, 7) is 2.08. The minimum Gasteiger partial charge on any atom is -0.333 e. The molecule has 2 aromatic rings. The summed E-state index contributed by atoms with van der Waals surface area (Å²) < 4.78 is 13.6. The first-order valence-corrected chi connectivity index (χ1v) is 9.03. The zero-order valence-electron chi connectivity index (χ0n) is 14.2. The minimum absolute atomic E-state index is 0. The Morgan fingerprint density at radius 1 is 1.15 bits per heavy atom. The number of halogens is 3. The van der Waals surface area contributed by atoms with Crippen molar-refractivity contribution in [1.29, 1.82) is 0 Å². The summed E-state index contributed by atoms with van der Waals surface area (Å²) in [5.74, 6) is 0.154. The number of hydrogen-bond donors (Lipinski definition) is 1. The van der Waals surface area contributed by atoms with Gasteiger partial charge in [0.2, 0.25) is 5.91 Å². The van der Waals surface area contributed by atoms with Crippen molar-refractivity contribution in [3.8, 4) is 0 Å². The van der Waals surface area contributed by atoms with Crippen LogP contribution in [-0.4, -0.2) is 30.4 Å². The normalized spacial score (nSPS) is 24.7. The lowest BCUT2D eigenvalue weighted by atomic mass is 10.0. The van der Waals surface area contributed by atoms with Crippen LogP contribution < -0.4 is 5.32 Å². The smallest absolute Gasteiger partial charge is 0.226 e. The number of carbonyl (C=O) groups is 1. The zero-order valence-corrected chi connectivity index (χ0v) is 15.8. The summed E-state index contributed by atoms with van der Waals surface area (Å²) in [5.41, 5.74) is 1.98. The van der Waals surface area contributed by atoms with Crippen molar-refractivity contribution in [2.24, 2.45) is 5.92 Å². The average molecular weight is 395 g/mol. The van der Waals surface area contributed by atoms with Crippen molar-refractivity contribution < 1.29 is 9.18 Å². The van der Waals surface area contributed by atoms with Gasteiger partial charge in [0.1, 0.15) is 5.82 Å². The molecule has 0 radical (unpaired) electrons. The number of nitrogens with one attached hydrogen (secondary N) is 1. The van der Waals surface area contributed by atoms with Crippen LogP contribution in [0.15, 0.2) is 48.5 Å². The van der Waals surface area contributed by atoms with Crippen LogP contribution in [0.5, 0.6) is 0 Å². The highest BCUT2D eigenvalue weighted by atomic mass is 35.5. The molecule has 3 unspecified atom stereocenters. The van der Waals surface area contributed by atoms with Gasteiger partial charge in [0.15, 0.2) is 0 Å². The molecule has 1 N–H and O–H groups in total. The summed E-state index contributed by atoms with van der Waals surface area (Å²) in [6, 6.07) is 14.2. The summed E-state index contributed by atoms with van der Waals surface area (Å²) in [6.07, 6.45) is 0.860. The molecule has 1 aliphatic heterocycles. The molecule has 1 heterocycles. The van der Waals surface area contributed by atoms with Gasteiger partial charge in [0, 0.05) is 30.6 Å². The number of rotatable bonds is 3. The Morgan fingerprint density at radius 3 is 2.69 bits per heavy atom. The van der Waals surface area contributed by atoms with Crippen LogP contribution in [-0.2, 0) is 4.79 Å². The first kappa shape index (κ1) is 19.2. The fourth-order valence-corrected chi connectivity index (χ4v) is 3.97. The van der Waals surface area contributed by atoms with Gasteiger partial charge >= 0.3 is 0 Å². The molecule has 2 aromatic carbocycles. The van der Waals surface area contributed by atoms with E-state index < -0.39 is 0 Å². The Morgan fingerprint density at radius 2 is 1.92 bits per heavy atom. The van der Waals surface area contributed by atoms with E-state index in [1.54, 1.807) is 6.07 Å². The van der Waals surface area contributed by atoms with Gasteiger partial charge < -0.3 is 10.2 Å². The highest BCUT2D eigenvalue weighted by molar-refractivity contribution is 6.30. The molecule has 1 amide bonds. The van der Waals surface area contributed by atoms with E-state index >= 15 is 0 Å². The van der Waals surface area contributed by atoms with Crippen molar-refractivity contribution in [3.63, 3.8) is 0 Å². The lowest BCUT2D eigenvalue weighted by Gasteiger charge is -2.37. The average Bonchev–Trinajstić information content (AvgIpc) is 3.42. The molecule has 1 saturated carbocycles. The van der Waals surface area contributed by atoms with E-state index in [2.05, 4.69) is 5.32 Å². The van der Waals surface area contributed by atoms with Crippen molar-refractivity contribution in [1.82, 2.24) is 10.2 Å². The second-order valence-electron chi connectivity index (χ2n) is 6.81. The Hall–Kier alpha value is -1.62. The Labute approximate surface area is 163 Å². The molecule has 1 saturated heterocycles. The number of amides is 1. The number of carbonyl (C=O) groups excluding carboxylic acids is 1. The molecule has 4 rings (SSSR count). The molecule has 1 aliphatic carbocycles. The van der Waals surface area contributed by atoms with Crippen molar-refractivity contribution in [2.45, 2.75) is 18.4 Å². The topological polar surface area (TPSA) is 32.3 Å². The third-order valence-electron chi connectivity index (χ3n) is 5.14. The summed E-state index contributed by atoms with van der Waals surface area (Å²) in [4.78, 5) is 15.0. The van der Waals surface area contributed by atoms with E-state index in [1.807, 2.05) is 35.2 Å². The molecule has 6 heteroatoms. The van der Waals surface area contributed by atoms with Gasteiger partial charge in [0.25, 0.3) is 0 Å². The van der Waals surface area contributed by atoms with Gasteiger partial charge in [-0.15, -0.1) is 12.4 Å². The van der Waals surface area contributed by atoms with Crippen LogP contribution >= 0.6 is 24.0 Å². The van der Waals surface area contributed by atoms with Gasteiger partial charge in [-0.3, -0.25) is 4.79 Å². The zero-order chi connectivity index (χ0) is 17.4. The second-order valence-corrected chi connectivity index (χ2v) is 7.25. The van der Waals surface area contributed by atoms with Crippen molar-refractivity contribution >= 4 is 29.9 Å². The third-order valence-corrected chi connectivity index (χ3v) is 5.38. The maximum Gasteiger partial charge on any atom is 0.226 e. The molecular formula is C20H21Cl2FN2O. The molecule has 2 fully saturated rings. The standard InChI is InChI=1S/C20H20ClFN2O.ClH/c21-15-5-1-3-13(9-15)17-11-18(17)20(25)24-8-7-23-12-19(24)14-4-2-6-16(22)10-14;/h1-6,9-10,17-19,23H,7-8,11-12H2;1H. The summed E-state index contributed by atoms with van der Waals surface area (Å²) in [5, 5.41) is 4.02. The van der Waals surface area contributed by atoms with Crippen LogP contribution in [0.1, 0.15) is 29.5 Å². The Bertz CT molecular complexity index is 801. The van der Waals surface area contributed by atoms with Crippen LogP contribution in [0.25, 0.3) is 0 Å². The molecular weight excluding hydrogens is 374 g/mol. The lowest BCUT2D eigenvalue weighted by molar-refractivity contribution is -0.136. The molecule has 3 nitrogen and oxygen atoms in total. The van der Waals surface area contributed by atoms with Crippen LogP contribution in [0.2, 0.25) is 5.02 Å². The van der Waals surface area contributed by atoms with Gasteiger partial charge in [0.05, 0.1) is 6.04 Å². The van der Waals surface area contributed by atoms with Crippen LogP contribution in [0.4, 0.5) is 4.39 Å². The fourth-order valence-electron chi connectivity index (χ4n) is 3.77. The number of benzene rings is 2. The van der Waals surface area contributed by atoms with Gasteiger partial charge in [-0.2, -0.15) is 0 Å². The maximum absolute atomic E-state index is 13.6. The van der Waals surface area contributed by atoms with E-state index in [1.165, 1.54) is 12.1 Å². The minimum atomic E-state index is -0.265. The molecule has 26 heavy (non-hydrogen) atoms. The van der Waals surface area contributed by atoms with E-state index in [4.69, 9.17) is 11.6 Å². The molecule has 138 valence electrons. The molecule has 3 atom stereocenters. The molecule has 0 aromatic heterocycles. The second kappa shape index (κ2) is 7.95. The van der Waals surface area contributed by atoms with E-state index in [0.717, 1.165) is 24.1 Å². The van der Waals surface area contributed by atoms with Crippen molar-refractivity contribution in [3.05, 3.63) is 70.5 Å². The molecule has 0 spiro atoms. The van der Waals surface area contributed by atoms with Gasteiger partial charge in [-0.05, 0) is 47.7 Å². The largest absolute Gasteiger partial charge is 0.333 e. The maximum atomic E-state index is 13.6. The molecule has 2 aliphatic rings. The number of piperazine rings is 1. The predicted octanol–water partition coefficient (Wildman–Crippen LogP) is 4.18. The highest BCUT2D eigenvalue weighted by Crippen LogP contribution is 2.49. The summed E-state index contributed by atoms with van der Waals surface area (Å²) >= 11 is 6.07. The predicted molar refractivity (Wildman–Crippen MR) is 103 cm³/mol. The Kier molecular flexibility index (Phi) is 5.86. The first-order chi connectivity index (χ1) is 12.1. The molecule has 0 bridgehead atoms. The van der Waals surface area contributed by atoms with E-state index in [0.29, 0.717) is 18.1 Å². The highest BCUT2D eigenvalue weighted by Gasteiger charge is 2.47.